The number of para-hydroxylation sites is 1. The minimum atomic E-state index is -1.10. The van der Waals surface area contributed by atoms with Gasteiger partial charge < -0.3 is 24.9 Å². The molecule has 1 aromatic carbocycles. The van der Waals surface area contributed by atoms with Crippen LogP contribution >= 0.6 is 0 Å². The molecule has 170 valence electrons. The number of nitrogens with zero attached hydrogens (tertiary/aromatic N) is 1. The Bertz CT molecular complexity index is 879. The summed E-state index contributed by atoms with van der Waals surface area (Å²) in [6, 6.07) is 7.04. The van der Waals surface area contributed by atoms with Crippen molar-refractivity contribution < 1.29 is 14.6 Å². The minimum absolute atomic E-state index is 0.409. The van der Waals surface area contributed by atoms with Gasteiger partial charge in [-0.3, -0.25) is 0 Å². The van der Waals surface area contributed by atoms with Gasteiger partial charge in [0.15, 0.2) is 6.10 Å². The summed E-state index contributed by atoms with van der Waals surface area (Å²) < 4.78 is 12.1. The molecular formula is C26H36NO4-. The third-order valence-corrected chi connectivity index (χ3v) is 6.38. The van der Waals surface area contributed by atoms with Crippen molar-refractivity contribution in [2.45, 2.75) is 84.2 Å². The lowest BCUT2D eigenvalue weighted by Crippen LogP contribution is -2.48. The maximum absolute atomic E-state index is 12.8. The van der Waals surface area contributed by atoms with E-state index in [0.29, 0.717) is 17.9 Å². The molecular weight excluding hydrogens is 390 g/mol. The number of anilines is 1. The zero-order valence-corrected chi connectivity index (χ0v) is 19.6. The summed E-state index contributed by atoms with van der Waals surface area (Å²) in [5.41, 5.74) is 3.74. The molecule has 0 aromatic heterocycles. The van der Waals surface area contributed by atoms with Crippen LogP contribution in [0.25, 0.3) is 5.76 Å². The summed E-state index contributed by atoms with van der Waals surface area (Å²) >= 11 is 0. The van der Waals surface area contributed by atoms with E-state index in [2.05, 4.69) is 32.9 Å². The first-order chi connectivity index (χ1) is 14.7. The number of ether oxygens (including phenoxy) is 2. The van der Waals surface area contributed by atoms with E-state index < -0.39 is 23.9 Å². The van der Waals surface area contributed by atoms with Crippen LogP contribution in [0.5, 0.6) is 0 Å². The number of hydroxylamine groups is 1. The number of benzene rings is 1. The Morgan fingerprint density at radius 3 is 2.61 bits per heavy atom. The molecule has 0 bridgehead atoms. The second kappa shape index (κ2) is 9.60. The molecule has 0 amide bonds. The van der Waals surface area contributed by atoms with Crippen molar-refractivity contribution in [1.82, 2.24) is 0 Å². The van der Waals surface area contributed by atoms with E-state index in [1.807, 2.05) is 31.2 Å². The fourth-order valence-corrected chi connectivity index (χ4v) is 4.54. The van der Waals surface area contributed by atoms with E-state index in [1.165, 1.54) is 11.1 Å². The third kappa shape index (κ3) is 4.89. The highest BCUT2D eigenvalue weighted by Gasteiger charge is 2.50. The molecule has 5 heteroatoms. The SMILES string of the molecule is COC1C2=C(OC1C(C)(O)CCC=C(C)CCC=C(C)C)c1ccccc1N([O-])C2C. The van der Waals surface area contributed by atoms with Crippen molar-refractivity contribution >= 4 is 11.4 Å². The van der Waals surface area contributed by atoms with Gasteiger partial charge in [0.1, 0.15) is 17.5 Å². The Balaban J connectivity index is 1.74. The van der Waals surface area contributed by atoms with Crippen LogP contribution in [0.15, 0.2) is 53.1 Å². The lowest BCUT2D eigenvalue weighted by molar-refractivity contribution is -0.103. The molecule has 2 aliphatic heterocycles. The van der Waals surface area contributed by atoms with Gasteiger partial charge in [0.2, 0.25) is 0 Å². The zero-order chi connectivity index (χ0) is 22.8. The first-order valence-corrected chi connectivity index (χ1v) is 11.2. The van der Waals surface area contributed by atoms with Crippen molar-refractivity contribution in [1.29, 1.82) is 0 Å². The van der Waals surface area contributed by atoms with Gasteiger partial charge in [0.25, 0.3) is 0 Å². The van der Waals surface area contributed by atoms with E-state index in [4.69, 9.17) is 9.47 Å². The molecule has 4 atom stereocenters. The molecule has 4 unspecified atom stereocenters. The number of hydrogen-bond acceptors (Lipinski definition) is 5. The number of fused-ring (bicyclic) bond motifs is 2. The summed E-state index contributed by atoms with van der Waals surface area (Å²) in [7, 11) is 1.61. The van der Waals surface area contributed by atoms with Gasteiger partial charge in [-0.1, -0.05) is 35.4 Å². The minimum Gasteiger partial charge on any atom is -0.758 e. The predicted molar refractivity (Wildman–Crippen MR) is 127 cm³/mol. The van der Waals surface area contributed by atoms with Crippen molar-refractivity contribution in [3.8, 4) is 0 Å². The number of allylic oxidation sites excluding steroid dienone is 4. The van der Waals surface area contributed by atoms with Crippen molar-refractivity contribution in [2.75, 3.05) is 12.2 Å². The van der Waals surface area contributed by atoms with E-state index in [-0.39, 0.29) is 0 Å². The van der Waals surface area contributed by atoms with Gasteiger partial charge in [-0.05, 0) is 72.4 Å². The molecule has 2 heterocycles. The summed E-state index contributed by atoms with van der Waals surface area (Å²) in [6.07, 6.45) is 6.79. The van der Waals surface area contributed by atoms with E-state index in [9.17, 15) is 10.3 Å². The van der Waals surface area contributed by atoms with Crippen LogP contribution in [0.1, 0.15) is 65.9 Å². The average molecular weight is 427 g/mol. The molecule has 0 aliphatic carbocycles. The summed E-state index contributed by atoms with van der Waals surface area (Å²) in [6.45, 7) is 10.0. The van der Waals surface area contributed by atoms with Gasteiger partial charge in [0.05, 0.1) is 0 Å². The second-order valence-corrected chi connectivity index (χ2v) is 9.26. The van der Waals surface area contributed by atoms with Gasteiger partial charge >= 0.3 is 0 Å². The zero-order valence-electron chi connectivity index (χ0n) is 19.6. The maximum Gasteiger partial charge on any atom is 0.157 e. The molecule has 3 rings (SSSR count). The van der Waals surface area contributed by atoms with Crippen LogP contribution < -0.4 is 5.06 Å². The fourth-order valence-electron chi connectivity index (χ4n) is 4.54. The Hall–Kier alpha value is -2.08. The standard InChI is InChI=1S/C26H36NO4/c1-17(2)11-9-12-18(3)13-10-16-26(5,28)25-24(30-6)22-19(4)27(29)21-15-8-7-14-20(21)23(22)31-25/h7-8,11,13-15,19,24-25,28H,9-10,12,16H2,1-6H3/q-1. The maximum atomic E-state index is 12.8. The van der Waals surface area contributed by atoms with Gasteiger partial charge in [-0.25, -0.2) is 0 Å². The third-order valence-electron chi connectivity index (χ3n) is 6.38. The van der Waals surface area contributed by atoms with Crippen LogP contribution in [0, 0.1) is 5.21 Å². The normalized spacial score (nSPS) is 25.0. The molecule has 0 saturated heterocycles. The smallest absolute Gasteiger partial charge is 0.157 e. The molecule has 2 aliphatic rings. The number of aliphatic hydroxyl groups is 1. The van der Waals surface area contributed by atoms with Crippen LogP contribution in [-0.2, 0) is 9.47 Å². The Kier molecular flexibility index (Phi) is 7.30. The molecule has 1 N–H and O–H groups in total. The highest BCUT2D eigenvalue weighted by atomic mass is 16.6. The van der Waals surface area contributed by atoms with Crippen LogP contribution in [0.2, 0.25) is 0 Å². The molecule has 5 nitrogen and oxygen atoms in total. The Morgan fingerprint density at radius 2 is 1.94 bits per heavy atom. The van der Waals surface area contributed by atoms with Crippen LogP contribution in [0.4, 0.5) is 5.69 Å². The number of hydrogen-bond donors (Lipinski definition) is 1. The van der Waals surface area contributed by atoms with Crippen LogP contribution in [0.3, 0.4) is 0 Å². The molecule has 0 fully saturated rings. The topological polar surface area (TPSA) is 65.0 Å². The molecule has 0 radical (unpaired) electrons. The van der Waals surface area contributed by atoms with Gasteiger partial charge in [-0.2, -0.15) is 0 Å². The number of methoxy groups -OCH3 is 1. The molecule has 1 aromatic rings. The first-order valence-electron chi connectivity index (χ1n) is 11.2. The van der Waals surface area contributed by atoms with Crippen molar-refractivity contribution in [3.05, 3.63) is 63.9 Å². The first kappa shape index (κ1) is 23.6. The lowest BCUT2D eigenvalue weighted by atomic mass is 9.85. The molecule has 0 spiro atoms. The predicted octanol–water partition coefficient (Wildman–Crippen LogP) is 5.74. The van der Waals surface area contributed by atoms with Gasteiger partial charge in [-0.15, -0.1) is 0 Å². The summed E-state index contributed by atoms with van der Waals surface area (Å²) in [5, 5.41) is 25.2. The number of rotatable bonds is 8. The van der Waals surface area contributed by atoms with Crippen LogP contribution in [-0.4, -0.2) is 36.1 Å². The summed E-state index contributed by atoms with van der Waals surface area (Å²) in [4.78, 5) is 0. The van der Waals surface area contributed by atoms with E-state index in [0.717, 1.165) is 35.5 Å². The monoisotopic (exact) mass is 426 g/mol. The Morgan fingerprint density at radius 1 is 1.23 bits per heavy atom. The molecule has 31 heavy (non-hydrogen) atoms. The largest absolute Gasteiger partial charge is 0.758 e. The van der Waals surface area contributed by atoms with Crippen molar-refractivity contribution in [3.63, 3.8) is 0 Å². The second-order valence-electron chi connectivity index (χ2n) is 9.26. The van der Waals surface area contributed by atoms with Crippen molar-refractivity contribution in [2.24, 2.45) is 0 Å². The highest BCUT2D eigenvalue weighted by molar-refractivity contribution is 5.82. The Labute approximate surface area is 186 Å². The quantitative estimate of drug-likeness (QED) is 0.537. The van der Waals surface area contributed by atoms with E-state index in [1.54, 1.807) is 14.0 Å². The van der Waals surface area contributed by atoms with E-state index >= 15 is 0 Å². The lowest BCUT2D eigenvalue weighted by Gasteiger charge is -2.43. The molecule has 0 saturated carbocycles. The fraction of sp³-hybridized carbons (Fsp3) is 0.538. The summed E-state index contributed by atoms with van der Waals surface area (Å²) in [5.74, 6) is 0.681. The van der Waals surface area contributed by atoms with Gasteiger partial charge in [0, 0.05) is 30.0 Å². The highest BCUT2D eigenvalue weighted by Crippen LogP contribution is 2.48. The average Bonchev–Trinajstić information content (AvgIpc) is 3.12.